The van der Waals surface area contributed by atoms with Crippen molar-refractivity contribution in [1.29, 1.82) is 0 Å². The molecule has 0 atom stereocenters. The lowest BCUT2D eigenvalue weighted by Gasteiger charge is -2.10. The number of hydrogen-bond acceptors (Lipinski definition) is 4. The Hall–Kier alpha value is -2.66. The van der Waals surface area contributed by atoms with Gasteiger partial charge >= 0.3 is 18.8 Å². The van der Waals surface area contributed by atoms with E-state index in [1.165, 1.54) is 0 Å². The fourth-order valence-electron chi connectivity index (χ4n) is 1.67. The molecule has 0 spiro atoms. The molecule has 1 aromatic carbocycles. The van der Waals surface area contributed by atoms with Crippen LogP contribution in [0.1, 0.15) is 0 Å². The lowest BCUT2D eigenvalue weighted by molar-refractivity contribution is -0.480. The maximum absolute atomic E-state index is 12.2. The second-order valence-corrected chi connectivity index (χ2v) is 4.94. The molecule has 2 rings (SSSR count). The fraction of sp³-hybridized carbons (Fsp3) is 0.333. The molecule has 132 valence electrons. The van der Waals surface area contributed by atoms with Gasteiger partial charge in [-0.2, -0.15) is 0 Å². The highest BCUT2D eigenvalue weighted by Crippen LogP contribution is 2.06. The Labute approximate surface area is 134 Å². The molecular weight excluding hydrogens is 333 g/mol. The molecule has 0 fully saturated rings. The van der Waals surface area contributed by atoms with Crippen LogP contribution in [0.25, 0.3) is 10.9 Å². The van der Waals surface area contributed by atoms with E-state index in [-0.39, 0.29) is 5.56 Å². The molecule has 0 saturated carbocycles. The van der Waals surface area contributed by atoms with Crippen molar-refractivity contribution in [3.63, 3.8) is 0 Å². The smallest absolute Gasteiger partial charge is 0.418 e. The SMILES string of the molecule is CN(C)C(On1nnc2ccccc2c1=O)=[N+](C)C.F[B-](F)(F)F. The van der Waals surface area contributed by atoms with E-state index in [0.717, 1.165) is 4.85 Å². The molecular formula is C12H16BF4N5O2. The monoisotopic (exact) mass is 349 g/mol. The Morgan fingerprint density at radius 1 is 1.21 bits per heavy atom. The summed E-state index contributed by atoms with van der Waals surface area (Å²) in [6, 6.07) is 7.48. The van der Waals surface area contributed by atoms with Crippen LogP contribution in [0, 0.1) is 0 Å². The molecule has 0 saturated heterocycles. The Morgan fingerprint density at radius 2 is 1.75 bits per heavy atom. The summed E-state index contributed by atoms with van der Waals surface area (Å²) >= 11 is 0. The number of hydrogen-bond donors (Lipinski definition) is 0. The Morgan fingerprint density at radius 3 is 2.25 bits per heavy atom. The highest BCUT2D eigenvalue weighted by atomic mass is 19.5. The van der Waals surface area contributed by atoms with Crippen LogP contribution in [-0.2, 0) is 0 Å². The van der Waals surface area contributed by atoms with Crippen molar-refractivity contribution < 1.29 is 26.7 Å². The summed E-state index contributed by atoms with van der Waals surface area (Å²) < 4.78 is 40.7. The van der Waals surface area contributed by atoms with E-state index in [4.69, 9.17) is 4.84 Å². The van der Waals surface area contributed by atoms with Crippen molar-refractivity contribution in [3.8, 4) is 0 Å². The minimum Gasteiger partial charge on any atom is -0.418 e. The third-order valence-electron chi connectivity index (χ3n) is 2.48. The van der Waals surface area contributed by atoms with Gasteiger partial charge in [0.1, 0.15) is 5.52 Å². The minimum atomic E-state index is -6.00. The number of fused-ring (bicyclic) bond motifs is 1. The largest absolute Gasteiger partial charge is 0.673 e. The highest BCUT2D eigenvalue weighted by molar-refractivity contribution is 6.50. The van der Waals surface area contributed by atoms with E-state index in [2.05, 4.69) is 10.3 Å². The van der Waals surface area contributed by atoms with Crippen LogP contribution in [0.4, 0.5) is 17.3 Å². The number of amidine groups is 1. The van der Waals surface area contributed by atoms with Gasteiger partial charge in [-0.15, -0.1) is 5.10 Å². The number of aromatic nitrogens is 3. The van der Waals surface area contributed by atoms with Crippen LogP contribution in [0.3, 0.4) is 0 Å². The second-order valence-electron chi connectivity index (χ2n) is 4.94. The average molecular weight is 349 g/mol. The normalized spacial score (nSPS) is 10.7. The zero-order chi connectivity index (χ0) is 18.5. The van der Waals surface area contributed by atoms with E-state index in [1.54, 1.807) is 33.7 Å². The molecule has 24 heavy (non-hydrogen) atoms. The van der Waals surface area contributed by atoms with Gasteiger partial charge < -0.3 is 17.3 Å². The van der Waals surface area contributed by atoms with E-state index in [0.29, 0.717) is 16.9 Å². The lowest BCUT2D eigenvalue weighted by Crippen LogP contribution is -2.43. The maximum Gasteiger partial charge on any atom is 0.673 e. The molecule has 0 radical (unpaired) electrons. The van der Waals surface area contributed by atoms with Gasteiger partial charge in [-0.3, -0.25) is 9.63 Å². The first-order chi connectivity index (χ1) is 11.0. The zero-order valence-electron chi connectivity index (χ0n) is 13.5. The predicted octanol–water partition coefficient (Wildman–Crippen LogP) is 0.710. The predicted molar refractivity (Wildman–Crippen MR) is 81.4 cm³/mol. The van der Waals surface area contributed by atoms with E-state index >= 15 is 0 Å². The van der Waals surface area contributed by atoms with E-state index < -0.39 is 7.25 Å². The van der Waals surface area contributed by atoms with Crippen molar-refractivity contribution >= 4 is 24.2 Å². The van der Waals surface area contributed by atoms with Crippen LogP contribution in [0.5, 0.6) is 0 Å². The van der Waals surface area contributed by atoms with Gasteiger partial charge in [-0.25, -0.2) is 9.48 Å². The van der Waals surface area contributed by atoms with Gasteiger partial charge in [0.2, 0.25) is 0 Å². The van der Waals surface area contributed by atoms with Gasteiger partial charge in [-0.1, -0.05) is 12.1 Å². The molecule has 0 bridgehead atoms. The number of benzene rings is 1. The zero-order valence-corrected chi connectivity index (χ0v) is 13.5. The van der Waals surface area contributed by atoms with E-state index in [9.17, 15) is 22.1 Å². The Balaban J connectivity index is 0.000000505. The summed E-state index contributed by atoms with van der Waals surface area (Å²) in [6.45, 7) is 0. The summed E-state index contributed by atoms with van der Waals surface area (Å²) in [6.07, 6.45) is 0. The average Bonchev–Trinajstić information content (AvgIpc) is 2.44. The third kappa shape index (κ3) is 5.86. The molecule has 0 aliphatic heterocycles. The highest BCUT2D eigenvalue weighted by Gasteiger charge is 2.20. The quantitative estimate of drug-likeness (QED) is 0.250. The molecule has 12 heteroatoms. The first-order valence-corrected chi connectivity index (χ1v) is 6.62. The third-order valence-corrected chi connectivity index (χ3v) is 2.48. The second kappa shape index (κ2) is 7.75. The first kappa shape index (κ1) is 19.4. The molecule has 0 unspecified atom stereocenters. The van der Waals surface area contributed by atoms with Crippen LogP contribution >= 0.6 is 0 Å². The maximum atomic E-state index is 12.2. The van der Waals surface area contributed by atoms with Crippen LogP contribution in [0.2, 0.25) is 0 Å². The van der Waals surface area contributed by atoms with Crippen LogP contribution < -0.4 is 10.4 Å². The first-order valence-electron chi connectivity index (χ1n) is 6.62. The molecule has 1 heterocycles. The molecule has 0 N–H and O–H groups in total. The number of halogens is 4. The van der Waals surface area contributed by atoms with Crippen molar-refractivity contribution in [2.45, 2.75) is 0 Å². The van der Waals surface area contributed by atoms with Gasteiger partial charge in [0, 0.05) is 0 Å². The van der Waals surface area contributed by atoms with Gasteiger partial charge in [0.25, 0.3) is 0 Å². The minimum absolute atomic E-state index is 0.341. The standard InChI is InChI=1S/C12H16N5O2.BF4/c1-15(2)12(16(3)4)19-17-11(18)9-7-5-6-8-10(9)13-14-17;2-1(3,4)5/h5-8H,1-4H3;/q+1;-1. The topological polar surface area (TPSA) is 63.3 Å². The molecule has 0 aliphatic carbocycles. The summed E-state index contributed by atoms with van der Waals surface area (Å²) in [5, 5.41) is 8.19. The van der Waals surface area contributed by atoms with Gasteiger partial charge in [0.15, 0.2) is 0 Å². The molecule has 0 amide bonds. The molecule has 0 aliphatic rings. The van der Waals surface area contributed by atoms with Crippen LogP contribution in [0.15, 0.2) is 29.1 Å². The van der Waals surface area contributed by atoms with Crippen molar-refractivity contribution in [1.82, 2.24) is 20.1 Å². The fourth-order valence-corrected chi connectivity index (χ4v) is 1.67. The Kier molecular flexibility index (Phi) is 6.26. The van der Waals surface area contributed by atoms with Gasteiger partial charge in [-0.05, 0) is 22.2 Å². The lowest BCUT2D eigenvalue weighted by atomic mass is 10.2. The van der Waals surface area contributed by atoms with Crippen LogP contribution in [-0.4, -0.2) is 66.1 Å². The van der Waals surface area contributed by atoms with Crippen molar-refractivity contribution in [2.24, 2.45) is 0 Å². The number of rotatable bonds is 1. The van der Waals surface area contributed by atoms with Crippen molar-refractivity contribution in [2.75, 3.05) is 28.2 Å². The summed E-state index contributed by atoms with van der Waals surface area (Å²) in [5.74, 6) is 0. The Bertz CT molecular complexity index is 781. The van der Waals surface area contributed by atoms with Gasteiger partial charge in [0.05, 0.1) is 33.6 Å². The summed E-state index contributed by atoms with van der Waals surface area (Å²) in [4.78, 5) is 20.3. The summed E-state index contributed by atoms with van der Waals surface area (Å²) in [7, 11) is 1.26. The molecule has 7 nitrogen and oxygen atoms in total. The molecule has 1 aromatic heterocycles. The summed E-state index contributed by atoms with van der Waals surface area (Å²) in [5.41, 5.74) is 0.204. The van der Waals surface area contributed by atoms with Crippen molar-refractivity contribution in [3.05, 3.63) is 34.6 Å². The molecule has 2 aromatic rings. The van der Waals surface area contributed by atoms with E-state index in [1.807, 2.05) is 28.2 Å². The number of nitrogens with zero attached hydrogens (tertiary/aromatic N) is 5.